The Morgan fingerprint density at radius 2 is 1.79 bits per heavy atom. The minimum absolute atomic E-state index is 0.0926. The maximum atomic E-state index is 12.4. The molecule has 0 bridgehead atoms. The highest BCUT2D eigenvalue weighted by Crippen LogP contribution is 2.43. The summed E-state index contributed by atoms with van der Waals surface area (Å²) in [5, 5.41) is 0. The summed E-state index contributed by atoms with van der Waals surface area (Å²) in [6.07, 6.45) is 0. The van der Waals surface area contributed by atoms with Crippen LogP contribution in [0.4, 0.5) is 0 Å². The molecule has 4 heteroatoms. The van der Waals surface area contributed by atoms with Gasteiger partial charge >= 0.3 is 0 Å². The van der Waals surface area contributed by atoms with E-state index < -0.39 is 0 Å². The molecule has 0 atom stereocenters. The summed E-state index contributed by atoms with van der Waals surface area (Å²) in [6, 6.07) is 12.5. The molecule has 0 saturated heterocycles. The molecule has 0 N–H and O–H groups in total. The van der Waals surface area contributed by atoms with Gasteiger partial charge in [-0.2, -0.15) is 0 Å². The lowest BCUT2D eigenvalue weighted by atomic mass is 10.0. The van der Waals surface area contributed by atoms with Crippen molar-refractivity contribution >= 4 is 5.78 Å². The summed E-state index contributed by atoms with van der Waals surface area (Å²) in [7, 11) is 1.55. The molecule has 0 unspecified atom stereocenters. The number of carbonyl (C=O) groups excluding carboxylic acids is 1. The van der Waals surface area contributed by atoms with Gasteiger partial charge in [0, 0.05) is 5.56 Å². The van der Waals surface area contributed by atoms with Crippen LogP contribution in [0.25, 0.3) is 0 Å². The third kappa shape index (κ3) is 1.91. The molecule has 0 aromatic heterocycles. The Morgan fingerprint density at radius 3 is 2.53 bits per heavy atom. The fourth-order valence-corrected chi connectivity index (χ4v) is 2.06. The summed E-state index contributed by atoms with van der Waals surface area (Å²) < 4.78 is 15.9. The lowest BCUT2D eigenvalue weighted by Crippen LogP contribution is -2.03. The molecule has 1 aliphatic rings. The molecule has 1 aliphatic heterocycles. The second-order valence-electron chi connectivity index (χ2n) is 4.08. The van der Waals surface area contributed by atoms with Gasteiger partial charge in [-0.1, -0.05) is 30.3 Å². The Morgan fingerprint density at radius 1 is 1.05 bits per heavy atom. The van der Waals surface area contributed by atoms with Crippen LogP contribution in [0.2, 0.25) is 0 Å². The van der Waals surface area contributed by atoms with Crippen LogP contribution >= 0.6 is 0 Å². The first-order chi connectivity index (χ1) is 9.31. The maximum Gasteiger partial charge on any atom is 0.231 e. The average Bonchev–Trinajstić information content (AvgIpc) is 2.96. The standard InChI is InChI=1S/C15H12O4/c1-17-12-8-7-11(14-15(12)19-9-18-14)13(16)10-5-3-2-4-6-10/h2-8H,9H2,1H3. The fraction of sp³-hybridized carbons (Fsp3) is 0.133. The zero-order valence-corrected chi connectivity index (χ0v) is 10.4. The van der Waals surface area contributed by atoms with Crippen LogP contribution in [0.1, 0.15) is 15.9 Å². The molecule has 2 aromatic carbocycles. The number of carbonyl (C=O) groups is 1. The normalized spacial score (nSPS) is 12.3. The molecule has 0 fully saturated rings. The highest BCUT2D eigenvalue weighted by molar-refractivity contribution is 6.11. The van der Waals surface area contributed by atoms with Gasteiger partial charge in [0.05, 0.1) is 12.7 Å². The molecule has 0 radical (unpaired) electrons. The number of fused-ring (bicyclic) bond motifs is 1. The second kappa shape index (κ2) is 4.65. The van der Waals surface area contributed by atoms with Crippen molar-refractivity contribution in [1.29, 1.82) is 0 Å². The van der Waals surface area contributed by atoms with Crippen molar-refractivity contribution < 1.29 is 19.0 Å². The van der Waals surface area contributed by atoms with Crippen molar-refractivity contribution in [3.63, 3.8) is 0 Å². The van der Waals surface area contributed by atoms with Gasteiger partial charge in [-0.3, -0.25) is 4.79 Å². The van der Waals surface area contributed by atoms with Gasteiger partial charge in [-0.05, 0) is 12.1 Å². The monoisotopic (exact) mass is 256 g/mol. The van der Waals surface area contributed by atoms with E-state index in [0.29, 0.717) is 28.4 Å². The highest BCUT2D eigenvalue weighted by Gasteiger charge is 2.26. The average molecular weight is 256 g/mol. The SMILES string of the molecule is COc1ccc(C(=O)c2ccccc2)c2c1OCO2. The lowest BCUT2D eigenvalue weighted by Gasteiger charge is -2.08. The van der Waals surface area contributed by atoms with Gasteiger partial charge in [-0.25, -0.2) is 0 Å². The van der Waals surface area contributed by atoms with Crippen molar-refractivity contribution in [3.8, 4) is 17.2 Å². The van der Waals surface area contributed by atoms with Crippen LogP contribution in [0.5, 0.6) is 17.2 Å². The van der Waals surface area contributed by atoms with Gasteiger partial charge in [0.25, 0.3) is 0 Å². The molecule has 3 rings (SSSR count). The summed E-state index contributed by atoms with van der Waals surface area (Å²) in [6.45, 7) is 0.102. The summed E-state index contributed by atoms with van der Waals surface area (Å²) in [5.74, 6) is 1.42. The number of hydrogen-bond acceptors (Lipinski definition) is 4. The van der Waals surface area contributed by atoms with E-state index in [9.17, 15) is 4.79 Å². The molecule has 19 heavy (non-hydrogen) atoms. The summed E-state index contributed by atoms with van der Waals surface area (Å²) in [5.41, 5.74) is 1.10. The van der Waals surface area contributed by atoms with Crippen LogP contribution in [0, 0.1) is 0 Å². The number of hydrogen-bond donors (Lipinski definition) is 0. The third-order valence-electron chi connectivity index (χ3n) is 2.98. The third-order valence-corrected chi connectivity index (χ3v) is 2.98. The van der Waals surface area contributed by atoms with E-state index in [0.717, 1.165) is 0 Å². The van der Waals surface area contributed by atoms with Crippen LogP contribution < -0.4 is 14.2 Å². The predicted octanol–water partition coefficient (Wildman–Crippen LogP) is 2.65. The van der Waals surface area contributed by atoms with Crippen molar-refractivity contribution in [2.45, 2.75) is 0 Å². The number of benzene rings is 2. The predicted molar refractivity (Wildman–Crippen MR) is 69.0 cm³/mol. The minimum atomic E-state index is -0.0926. The molecule has 2 aromatic rings. The van der Waals surface area contributed by atoms with Crippen LogP contribution in [-0.4, -0.2) is 19.7 Å². The van der Waals surface area contributed by atoms with Crippen molar-refractivity contribution in [2.24, 2.45) is 0 Å². The topological polar surface area (TPSA) is 44.8 Å². The smallest absolute Gasteiger partial charge is 0.231 e. The quantitative estimate of drug-likeness (QED) is 0.792. The summed E-state index contributed by atoms with van der Waals surface area (Å²) >= 11 is 0. The summed E-state index contributed by atoms with van der Waals surface area (Å²) in [4.78, 5) is 12.4. The zero-order valence-electron chi connectivity index (χ0n) is 10.4. The number of ether oxygens (including phenoxy) is 3. The number of ketones is 1. The van der Waals surface area contributed by atoms with E-state index in [1.165, 1.54) is 0 Å². The Hall–Kier alpha value is -2.49. The molecular formula is C15H12O4. The van der Waals surface area contributed by atoms with E-state index in [2.05, 4.69) is 0 Å². The number of rotatable bonds is 3. The van der Waals surface area contributed by atoms with E-state index in [-0.39, 0.29) is 12.6 Å². The number of methoxy groups -OCH3 is 1. The van der Waals surface area contributed by atoms with Gasteiger partial charge in [0.2, 0.25) is 12.5 Å². The molecular weight excluding hydrogens is 244 g/mol. The van der Waals surface area contributed by atoms with E-state index in [4.69, 9.17) is 14.2 Å². The van der Waals surface area contributed by atoms with E-state index >= 15 is 0 Å². The lowest BCUT2D eigenvalue weighted by molar-refractivity contribution is 0.103. The Kier molecular flexibility index (Phi) is 2.83. The molecule has 0 aliphatic carbocycles. The molecule has 0 spiro atoms. The molecule has 4 nitrogen and oxygen atoms in total. The molecule has 0 saturated carbocycles. The first kappa shape index (κ1) is 11.6. The van der Waals surface area contributed by atoms with Gasteiger partial charge in [0.15, 0.2) is 17.3 Å². The maximum absolute atomic E-state index is 12.4. The van der Waals surface area contributed by atoms with Gasteiger partial charge < -0.3 is 14.2 Å². The Labute approximate surface area is 110 Å². The van der Waals surface area contributed by atoms with E-state index in [1.807, 2.05) is 18.2 Å². The van der Waals surface area contributed by atoms with Crippen LogP contribution in [0.3, 0.4) is 0 Å². The largest absolute Gasteiger partial charge is 0.493 e. The Balaban J connectivity index is 2.08. The first-order valence-electron chi connectivity index (χ1n) is 5.87. The van der Waals surface area contributed by atoms with Gasteiger partial charge in [0.1, 0.15) is 0 Å². The second-order valence-corrected chi connectivity index (χ2v) is 4.08. The molecule has 1 heterocycles. The molecule has 0 amide bonds. The van der Waals surface area contributed by atoms with Crippen molar-refractivity contribution in [3.05, 3.63) is 53.6 Å². The fourth-order valence-electron chi connectivity index (χ4n) is 2.06. The first-order valence-corrected chi connectivity index (χ1v) is 5.87. The van der Waals surface area contributed by atoms with Crippen molar-refractivity contribution in [1.82, 2.24) is 0 Å². The van der Waals surface area contributed by atoms with Gasteiger partial charge in [-0.15, -0.1) is 0 Å². The molecule has 96 valence electrons. The van der Waals surface area contributed by atoms with E-state index in [1.54, 1.807) is 31.4 Å². The highest BCUT2D eigenvalue weighted by atomic mass is 16.7. The van der Waals surface area contributed by atoms with Crippen LogP contribution in [-0.2, 0) is 0 Å². The minimum Gasteiger partial charge on any atom is -0.493 e. The zero-order chi connectivity index (χ0) is 13.2. The van der Waals surface area contributed by atoms with Crippen molar-refractivity contribution in [2.75, 3.05) is 13.9 Å². The Bertz CT molecular complexity index is 620. The van der Waals surface area contributed by atoms with Crippen LogP contribution in [0.15, 0.2) is 42.5 Å².